The van der Waals surface area contributed by atoms with Crippen LogP contribution in [0.1, 0.15) is 26.7 Å². The van der Waals surface area contributed by atoms with Gasteiger partial charge in [-0.1, -0.05) is 13.8 Å². The largest absolute Gasteiger partial charge is 0.366 e. The molecule has 0 radical (unpaired) electrons. The molecule has 1 rings (SSSR count). The molecule has 0 aliphatic rings. The number of hydrogen-bond donors (Lipinski definition) is 3. The molecule has 1 aromatic heterocycles. The maximum absolute atomic E-state index is 11.8. The summed E-state index contributed by atoms with van der Waals surface area (Å²) in [5, 5.41) is 0. The maximum atomic E-state index is 11.8. The van der Waals surface area contributed by atoms with Crippen molar-refractivity contribution in [1.29, 1.82) is 0 Å². The molecule has 0 bridgehead atoms. The minimum Gasteiger partial charge on any atom is -0.366 e. The van der Waals surface area contributed by atoms with Crippen LogP contribution in [-0.4, -0.2) is 25.5 Å². The zero-order chi connectivity index (χ0) is 12.2. The van der Waals surface area contributed by atoms with Gasteiger partial charge in [-0.3, -0.25) is 0 Å². The predicted octanol–water partition coefficient (Wildman–Crippen LogP) is 0.810. The highest BCUT2D eigenvalue weighted by atomic mass is 32.2. The Labute approximate surface area is 96.5 Å². The number of nitrogens with one attached hydrogen (secondary N) is 2. The SMILES string of the molecule is CCC(N)(CC)CNS(=O)(=O)c1cc[nH]c1. The smallest absolute Gasteiger partial charge is 0.242 e. The Morgan fingerprint density at radius 3 is 2.50 bits per heavy atom. The zero-order valence-electron chi connectivity index (χ0n) is 9.66. The van der Waals surface area contributed by atoms with Gasteiger partial charge in [-0.15, -0.1) is 0 Å². The molecule has 0 fully saturated rings. The van der Waals surface area contributed by atoms with Crippen molar-refractivity contribution in [2.45, 2.75) is 37.1 Å². The summed E-state index contributed by atoms with van der Waals surface area (Å²) in [6.07, 6.45) is 4.49. The molecule has 6 heteroatoms. The molecule has 0 aliphatic carbocycles. The molecule has 4 N–H and O–H groups in total. The first-order valence-corrected chi connectivity index (χ1v) is 6.83. The Bertz CT molecular complexity index is 407. The van der Waals surface area contributed by atoms with Crippen LogP contribution in [0.3, 0.4) is 0 Å². The third-order valence-electron chi connectivity index (χ3n) is 2.90. The number of aromatic nitrogens is 1. The number of H-pyrrole nitrogens is 1. The highest BCUT2D eigenvalue weighted by molar-refractivity contribution is 7.89. The summed E-state index contributed by atoms with van der Waals surface area (Å²) in [5.74, 6) is 0. The van der Waals surface area contributed by atoms with Crippen LogP contribution in [0.25, 0.3) is 0 Å². The van der Waals surface area contributed by atoms with Crippen molar-refractivity contribution in [3.63, 3.8) is 0 Å². The van der Waals surface area contributed by atoms with Gasteiger partial charge in [0.15, 0.2) is 0 Å². The highest BCUT2D eigenvalue weighted by Gasteiger charge is 2.23. The molecule has 0 amide bonds. The van der Waals surface area contributed by atoms with Gasteiger partial charge in [-0.05, 0) is 18.9 Å². The van der Waals surface area contributed by atoms with Gasteiger partial charge in [-0.25, -0.2) is 13.1 Å². The van der Waals surface area contributed by atoms with E-state index in [9.17, 15) is 8.42 Å². The van der Waals surface area contributed by atoms with Crippen molar-refractivity contribution in [2.75, 3.05) is 6.54 Å². The monoisotopic (exact) mass is 245 g/mol. The molecule has 0 unspecified atom stereocenters. The van der Waals surface area contributed by atoms with E-state index in [2.05, 4.69) is 9.71 Å². The van der Waals surface area contributed by atoms with Crippen LogP contribution >= 0.6 is 0 Å². The number of nitrogens with two attached hydrogens (primary N) is 1. The van der Waals surface area contributed by atoms with Gasteiger partial charge in [0, 0.05) is 24.5 Å². The number of sulfonamides is 1. The van der Waals surface area contributed by atoms with Crippen molar-refractivity contribution in [3.8, 4) is 0 Å². The highest BCUT2D eigenvalue weighted by Crippen LogP contribution is 2.12. The van der Waals surface area contributed by atoms with Gasteiger partial charge in [0.2, 0.25) is 10.0 Å². The summed E-state index contributed by atoms with van der Waals surface area (Å²) < 4.78 is 26.1. The molecule has 0 atom stereocenters. The van der Waals surface area contributed by atoms with E-state index >= 15 is 0 Å². The zero-order valence-corrected chi connectivity index (χ0v) is 10.5. The summed E-state index contributed by atoms with van der Waals surface area (Å²) in [7, 11) is -3.43. The van der Waals surface area contributed by atoms with Crippen LogP contribution in [-0.2, 0) is 10.0 Å². The molecule has 92 valence electrons. The number of aromatic amines is 1. The fourth-order valence-corrected chi connectivity index (χ4v) is 2.41. The second-order valence-corrected chi connectivity index (χ2v) is 5.71. The van der Waals surface area contributed by atoms with E-state index in [0.717, 1.165) is 12.8 Å². The summed E-state index contributed by atoms with van der Waals surface area (Å²) in [6, 6.07) is 1.51. The molecule has 0 saturated carbocycles. The van der Waals surface area contributed by atoms with Crippen LogP contribution in [0.5, 0.6) is 0 Å². The summed E-state index contributed by atoms with van der Waals surface area (Å²) in [5.41, 5.74) is 5.55. The topological polar surface area (TPSA) is 88.0 Å². The Kier molecular flexibility index (Phi) is 4.12. The van der Waals surface area contributed by atoms with Gasteiger partial charge >= 0.3 is 0 Å². The summed E-state index contributed by atoms with van der Waals surface area (Å²) in [6.45, 7) is 4.16. The van der Waals surface area contributed by atoms with Crippen LogP contribution in [0.15, 0.2) is 23.4 Å². The van der Waals surface area contributed by atoms with Crippen LogP contribution in [0.2, 0.25) is 0 Å². The first kappa shape index (κ1) is 13.2. The van der Waals surface area contributed by atoms with E-state index in [1.165, 1.54) is 12.3 Å². The molecular formula is C10H19N3O2S. The fourth-order valence-electron chi connectivity index (χ4n) is 1.30. The van der Waals surface area contributed by atoms with Crippen molar-refractivity contribution in [3.05, 3.63) is 18.5 Å². The van der Waals surface area contributed by atoms with E-state index in [0.29, 0.717) is 0 Å². The quantitative estimate of drug-likeness (QED) is 0.693. The Hall–Kier alpha value is -0.850. The molecule has 0 aliphatic heterocycles. The molecule has 5 nitrogen and oxygen atoms in total. The van der Waals surface area contributed by atoms with E-state index < -0.39 is 15.6 Å². The molecule has 1 aromatic rings. The normalized spacial score (nSPS) is 12.9. The first-order chi connectivity index (χ1) is 7.43. The lowest BCUT2D eigenvalue weighted by Gasteiger charge is -2.26. The minimum absolute atomic E-state index is 0.238. The fraction of sp³-hybridized carbons (Fsp3) is 0.600. The lowest BCUT2D eigenvalue weighted by Crippen LogP contribution is -2.49. The molecule has 16 heavy (non-hydrogen) atoms. The van der Waals surface area contributed by atoms with Gasteiger partial charge in [0.05, 0.1) is 4.90 Å². The average molecular weight is 245 g/mol. The molecule has 0 spiro atoms. The number of hydrogen-bond acceptors (Lipinski definition) is 3. The van der Waals surface area contributed by atoms with E-state index in [1.807, 2.05) is 13.8 Å². The van der Waals surface area contributed by atoms with Gasteiger partial charge in [0.1, 0.15) is 0 Å². The van der Waals surface area contributed by atoms with Gasteiger partial charge in [-0.2, -0.15) is 0 Å². The van der Waals surface area contributed by atoms with Gasteiger partial charge < -0.3 is 10.7 Å². The van der Waals surface area contributed by atoms with Crippen LogP contribution in [0, 0.1) is 0 Å². The second kappa shape index (κ2) is 4.99. The van der Waals surface area contributed by atoms with E-state index in [1.54, 1.807) is 6.20 Å². The Morgan fingerprint density at radius 2 is 2.06 bits per heavy atom. The maximum Gasteiger partial charge on any atom is 0.242 e. The predicted molar refractivity (Wildman–Crippen MR) is 63.5 cm³/mol. The lowest BCUT2D eigenvalue weighted by atomic mass is 9.95. The molecule has 0 aromatic carbocycles. The molecular weight excluding hydrogens is 226 g/mol. The second-order valence-electron chi connectivity index (χ2n) is 3.94. The van der Waals surface area contributed by atoms with E-state index in [-0.39, 0.29) is 11.4 Å². The van der Waals surface area contributed by atoms with Gasteiger partial charge in [0.25, 0.3) is 0 Å². The summed E-state index contributed by atoms with van der Waals surface area (Å²) in [4.78, 5) is 2.95. The third kappa shape index (κ3) is 3.07. The molecule has 1 heterocycles. The van der Waals surface area contributed by atoms with Crippen molar-refractivity contribution in [1.82, 2.24) is 9.71 Å². The van der Waals surface area contributed by atoms with E-state index in [4.69, 9.17) is 5.73 Å². The Balaban J connectivity index is 2.69. The van der Waals surface area contributed by atoms with Crippen LogP contribution < -0.4 is 10.5 Å². The van der Waals surface area contributed by atoms with Crippen LogP contribution in [0.4, 0.5) is 0 Å². The standard InChI is InChI=1S/C10H19N3O2S/c1-3-10(11,4-2)8-13-16(14,15)9-5-6-12-7-9/h5-7,12-13H,3-4,8,11H2,1-2H3. The molecule has 0 saturated heterocycles. The first-order valence-electron chi connectivity index (χ1n) is 5.35. The summed E-state index contributed by atoms with van der Waals surface area (Å²) >= 11 is 0. The lowest BCUT2D eigenvalue weighted by molar-refractivity contribution is 0.392. The minimum atomic E-state index is -3.43. The third-order valence-corrected chi connectivity index (χ3v) is 4.30. The Morgan fingerprint density at radius 1 is 1.44 bits per heavy atom. The van der Waals surface area contributed by atoms with Crippen molar-refractivity contribution in [2.24, 2.45) is 5.73 Å². The number of rotatable bonds is 6. The average Bonchev–Trinajstić information content (AvgIpc) is 2.80. The van der Waals surface area contributed by atoms with Crippen molar-refractivity contribution >= 4 is 10.0 Å². The van der Waals surface area contributed by atoms with Crippen molar-refractivity contribution < 1.29 is 8.42 Å².